The molecule has 2 amide bonds. The molecule has 1 N–H and O–H groups in total. The Morgan fingerprint density at radius 3 is 2.64 bits per heavy atom. The number of carbonyl (C=O) groups is 1. The lowest BCUT2D eigenvalue weighted by Gasteiger charge is -2.30. The Hall–Kier alpha value is -2.86. The zero-order valence-electron chi connectivity index (χ0n) is 16.1. The third kappa shape index (κ3) is 4.02. The number of benzene rings is 2. The Balaban J connectivity index is 2.05. The van der Waals surface area contributed by atoms with Gasteiger partial charge in [0, 0.05) is 25.2 Å². The Bertz CT molecular complexity index is 1050. The highest BCUT2D eigenvalue weighted by molar-refractivity contribution is 6.31. The first-order chi connectivity index (χ1) is 13.4. The van der Waals surface area contributed by atoms with Crippen molar-refractivity contribution in [3.63, 3.8) is 0 Å². The topological polar surface area (TPSA) is 67.2 Å². The van der Waals surface area contributed by atoms with E-state index in [0.29, 0.717) is 34.8 Å². The maximum atomic E-state index is 12.8. The van der Waals surface area contributed by atoms with Crippen molar-refractivity contribution in [1.29, 1.82) is 0 Å². The molecule has 3 rings (SSSR count). The molecule has 0 fully saturated rings. The summed E-state index contributed by atoms with van der Waals surface area (Å²) in [5.41, 5.74) is 1.37. The Kier molecular flexibility index (Phi) is 5.99. The fourth-order valence-corrected chi connectivity index (χ4v) is 3.36. The minimum Gasteiger partial charge on any atom is -0.338 e. The predicted molar refractivity (Wildman–Crippen MR) is 111 cm³/mol. The molecule has 1 heterocycles. The van der Waals surface area contributed by atoms with Crippen molar-refractivity contribution >= 4 is 28.5 Å². The average molecular weight is 399 g/mol. The van der Waals surface area contributed by atoms with Crippen LogP contribution in [0, 0.1) is 0 Å². The highest BCUT2D eigenvalue weighted by atomic mass is 35.5. The van der Waals surface area contributed by atoms with Crippen LogP contribution in [0.1, 0.15) is 31.3 Å². The van der Waals surface area contributed by atoms with Crippen LogP contribution in [0.3, 0.4) is 0 Å². The maximum absolute atomic E-state index is 12.8. The first kappa shape index (κ1) is 19.9. The molecular formula is C21H23ClN4O2. The van der Waals surface area contributed by atoms with Gasteiger partial charge in [-0.2, -0.15) is 0 Å². The second-order valence-electron chi connectivity index (χ2n) is 6.62. The summed E-state index contributed by atoms with van der Waals surface area (Å²) in [6.45, 7) is 4.67. The summed E-state index contributed by atoms with van der Waals surface area (Å²) in [6.07, 6.45) is 0. The first-order valence-corrected chi connectivity index (χ1v) is 9.54. The summed E-state index contributed by atoms with van der Waals surface area (Å²) in [5, 5.41) is 3.79. The summed E-state index contributed by atoms with van der Waals surface area (Å²) in [5.74, 6) is 0.516. The predicted octanol–water partition coefficient (Wildman–Crippen LogP) is 3.88. The SMILES string of the molecule is CCNC(=O)N(Cc1ccccc1)C(C)c1nc2ccc(Cl)cc2c(=O)n1C. The van der Waals surface area contributed by atoms with Gasteiger partial charge in [-0.25, -0.2) is 9.78 Å². The quantitative estimate of drug-likeness (QED) is 0.709. The molecule has 1 aromatic heterocycles. The average Bonchev–Trinajstić information content (AvgIpc) is 2.69. The molecule has 3 aromatic rings. The van der Waals surface area contributed by atoms with E-state index in [4.69, 9.17) is 11.6 Å². The smallest absolute Gasteiger partial charge is 0.318 e. The summed E-state index contributed by atoms with van der Waals surface area (Å²) in [4.78, 5) is 31.9. The second kappa shape index (κ2) is 8.44. The van der Waals surface area contributed by atoms with Crippen LogP contribution in [-0.2, 0) is 13.6 Å². The maximum Gasteiger partial charge on any atom is 0.318 e. The second-order valence-corrected chi connectivity index (χ2v) is 7.06. The van der Waals surface area contributed by atoms with Gasteiger partial charge < -0.3 is 10.2 Å². The van der Waals surface area contributed by atoms with Gasteiger partial charge in [0.05, 0.1) is 16.9 Å². The molecule has 0 saturated heterocycles. The zero-order chi connectivity index (χ0) is 20.3. The molecule has 0 saturated carbocycles. The number of rotatable bonds is 5. The minimum atomic E-state index is -0.412. The fraction of sp³-hybridized carbons (Fsp3) is 0.286. The van der Waals surface area contributed by atoms with Gasteiger partial charge in [0.25, 0.3) is 5.56 Å². The summed E-state index contributed by atoms with van der Waals surface area (Å²) in [6, 6.07) is 14.2. The van der Waals surface area contributed by atoms with E-state index in [1.165, 1.54) is 4.57 Å². The van der Waals surface area contributed by atoms with E-state index in [9.17, 15) is 9.59 Å². The fourth-order valence-electron chi connectivity index (χ4n) is 3.19. The van der Waals surface area contributed by atoms with Gasteiger partial charge in [-0.05, 0) is 37.6 Å². The van der Waals surface area contributed by atoms with Gasteiger partial charge in [0.1, 0.15) is 5.82 Å². The van der Waals surface area contributed by atoms with E-state index in [-0.39, 0.29) is 11.6 Å². The van der Waals surface area contributed by atoms with E-state index in [1.807, 2.05) is 44.2 Å². The Labute approximate surface area is 168 Å². The van der Waals surface area contributed by atoms with Crippen LogP contribution < -0.4 is 10.9 Å². The van der Waals surface area contributed by atoms with Gasteiger partial charge in [-0.1, -0.05) is 41.9 Å². The highest BCUT2D eigenvalue weighted by Crippen LogP contribution is 2.23. The monoisotopic (exact) mass is 398 g/mol. The van der Waals surface area contributed by atoms with E-state index in [0.717, 1.165) is 5.56 Å². The number of hydrogen-bond donors (Lipinski definition) is 1. The number of nitrogens with one attached hydrogen (secondary N) is 1. The van der Waals surface area contributed by atoms with E-state index < -0.39 is 6.04 Å². The molecule has 0 radical (unpaired) electrons. The lowest BCUT2D eigenvalue weighted by Crippen LogP contribution is -2.42. The van der Waals surface area contributed by atoms with E-state index in [2.05, 4.69) is 10.3 Å². The Morgan fingerprint density at radius 1 is 1.25 bits per heavy atom. The van der Waals surface area contributed by atoms with E-state index >= 15 is 0 Å². The van der Waals surface area contributed by atoms with Gasteiger partial charge >= 0.3 is 6.03 Å². The number of hydrogen-bond acceptors (Lipinski definition) is 3. The number of aromatic nitrogens is 2. The minimum absolute atomic E-state index is 0.190. The molecule has 0 bridgehead atoms. The molecule has 1 atom stereocenters. The number of urea groups is 1. The lowest BCUT2D eigenvalue weighted by molar-refractivity contribution is 0.171. The molecule has 6 nitrogen and oxygen atoms in total. The van der Waals surface area contributed by atoms with Crippen molar-refractivity contribution in [3.05, 3.63) is 75.3 Å². The van der Waals surface area contributed by atoms with Crippen LogP contribution in [0.15, 0.2) is 53.3 Å². The van der Waals surface area contributed by atoms with Gasteiger partial charge in [-0.15, -0.1) is 0 Å². The van der Waals surface area contributed by atoms with Crippen molar-refractivity contribution in [3.8, 4) is 0 Å². The van der Waals surface area contributed by atoms with Crippen LogP contribution >= 0.6 is 11.6 Å². The number of nitrogens with zero attached hydrogens (tertiary/aromatic N) is 3. The number of halogens is 1. The molecule has 2 aromatic carbocycles. The largest absolute Gasteiger partial charge is 0.338 e. The molecule has 7 heteroatoms. The van der Waals surface area contributed by atoms with Crippen LogP contribution in [0.4, 0.5) is 4.79 Å². The van der Waals surface area contributed by atoms with Crippen molar-refractivity contribution in [2.75, 3.05) is 6.54 Å². The van der Waals surface area contributed by atoms with Gasteiger partial charge in [-0.3, -0.25) is 9.36 Å². The molecule has 0 aliphatic rings. The molecular weight excluding hydrogens is 376 g/mol. The van der Waals surface area contributed by atoms with Crippen LogP contribution in [-0.4, -0.2) is 27.0 Å². The van der Waals surface area contributed by atoms with Gasteiger partial charge in [0.15, 0.2) is 0 Å². The van der Waals surface area contributed by atoms with Crippen LogP contribution in [0.25, 0.3) is 10.9 Å². The number of fused-ring (bicyclic) bond motifs is 1. The molecule has 0 aliphatic heterocycles. The van der Waals surface area contributed by atoms with Gasteiger partial charge in [0.2, 0.25) is 0 Å². The van der Waals surface area contributed by atoms with Crippen molar-refractivity contribution in [2.45, 2.75) is 26.4 Å². The molecule has 0 aliphatic carbocycles. The third-order valence-corrected chi connectivity index (χ3v) is 4.93. The summed E-state index contributed by atoms with van der Waals surface area (Å²) < 4.78 is 1.49. The lowest BCUT2D eigenvalue weighted by atomic mass is 10.1. The first-order valence-electron chi connectivity index (χ1n) is 9.17. The molecule has 0 spiro atoms. The molecule has 28 heavy (non-hydrogen) atoms. The van der Waals surface area contributed by atoms with Crippen molar-refractivity contribution < 1.29 is 4.79 Å². The number of amides is 2. The van der Waals surface area contributed by atoms with E-state index in [1.54, 1.807) is 30.1 Å². The molecule has 1 unspecified atom stereocenters. The standard InChI is InChI=1S/C21H23ClN4O2/c1-4-23-21(28)26(13-15-8-6-5-7-9-15)14(2)19-24-18-11-10-16(22)12-17(18)20(27)25(19)3/h5-12,14H,4,13H2,1-3H3,(H,23,28). The Morgan fingerprint density at radius 2 is 1.96 bits per heavy atom. The zero-order valence-corrected chi connectivity index (χ0v) is 16.9. The van der Waals surface area contributed by atoms with Crippen molar-refractivity contribution in [2.24, 2.45) is 7.05 Å². The summed E-state index contributed by atoms with van der Waals surface area (Å²) in [7, 11) is 1.67. The molecule has 146 valence electrons. The third-order valence-electron chi connectivity index (χ3n) is 4.70. The van der Waals surface area contributed by atoms with Crippen molar-refractivity contribution in [1.82, 2.24) is 19.8 Å². The highest BCUT2D eigenvalue weighted by Gasteiger charge is 2.25. The normalized spacial score (nSPS) is 12.0. The van der Waals surface area contributed by atoms with Crippen LogP contribution in [0.5, 0.6) is 0 Å². The summed E-state index contributed by atoms with van der Waals surface area (Å²) >= 11 is 6.03. The number of carbonyl (C=O) groups excluding carboxylic acids is 1. The van der Waals surface area contributed by atoms with Crippen LogP contribution in [0.2, 0.25) is 5.02 Å².